The van der Waals surface area contributed by atoms with Crippen molar-refractivity contribution in [1.82, 2.24) is 14.9 Å². The molecular formula is C22H28N4O2. The number of nitrogens with zero attached hydrogens (tertiary/aromatic N) is 3. The predicted octanol–water partition coefficient (Wildman–Crippen LogP) is 3.96. The van der Waals surface area contributed by atoms with E-state index in [9.17, 15) is 9.59 Å². The molecule has 1 fully saturated rings. The molecule has 148 valence electrons. The Balaban J connectivity index is 1.75. The maximum atomic E-state index is 12.9. The number of nitrogens with one attached hydrogen (secondary N) is 1. The minimum Gasteiger partial charge on any atom is -0.346 e. The van der Waals surface area contributed by atoms with Crippen molar-refractivity contribution in [2.45, 2.75) is 59.0 Å². The average Bonchev–Trinajstić information content (AvgIpc) is 3.05. The third-order valence-electron chi connectivity index (χ3n) is 5.35. The number of benzene rings is 1. The Kier molecular flexibility index (Phi) is 5.40. The molecule has 1 aromatic heterocycles. The maximum absolute atomic E-state index is 12.9. The van der Waals surface area contributed by atoms with Gasteiger partial charge in [0.1, 0.15) is 5.54 Å². The molecule has 1 aliphatic rings. The number of imide groups is 1. The van der Waals surface area contributed by atoms with Crippen LogP contribution in [0.1, 0.15) is 55.7 Å². The number of hydrogen-bond acceptors (Lipinski definition) is 3. The first-order chi connectivity index (χ1) is 13.2. The summed E-state index contributed by atoms with van der Waals surface area (Å²) in [5.74, 6) is -0.317. The van der Waals surface area contributed by atoms with E-state index in [4.69, 9.17) is 0 Å². The molecule has 0 bridgehead atoms. The summed E-state index contributed by atoms with van der Waals surface area (Å²) in [4.78, 5) is 25.2. The maximum Gasteiger partial charge on any atom is 0.346 e. The van der Waals surface area contributed by atoms with E-state index in [2.05, 4.69) is 28.8 Å². The quantitative estimate of drug-likeness (QED) is 0.609. The molecule has 1 aliphatic heterocycles. The summed E-state index contributed by atoms with van der Waals surface area (Å²) in [5.41, 5.74) is 3.28. The largest absolute Gasteiger partial charge is 0.346 e. The molecule has 1 aromatic carbocycles. The van der Waals surface area contributed by atoms with Gasteiger partial charge in [-0.15, -0.1) is 5.01 Å². The Morgan fingerprint density at radius 1 is 1.18 bits per heavy atom. The van der Waals surface area contributed by atoms with Crippen LogP contribution in [0.5, 0.6) is 0 Å². The number of carbonyl (C=O) groups is 2. The highest BCUT2D eigenvalue weighted by Gasteiger charge is 2.47. The fourth-order valence-electron chi connectivity index (χ4n) is 3.83. The van der Waals surface area contributed by atoms with Gasteiger partial charge in [0, 0.05) is 23.0 Å². The molecule has 0 aliphatic carbocycles. The van der Waals surface area contributed by atoms with Gasteiger partial charge in [0.2, 0.25) is 0 Å². The molecular weight excluding hydrogens is 352 g/mol. The van der Waals surface area contributed by atoms with Crippen LogP contribution in [0.3, 0.4) is 0 Å². The summed E-state index contributed by atoms with van der Waals surface area (Å²) in [5, 5.41) is 7.97. The first kappa shape index (κ1) is 19.9. The van der Waals surface area contributed by atoms with Crippen LogP contribution < -0.4 is 5.32 Å². The number of hydrogen-bond donors (Lipinski definition) is 1. The van der Waals surface area contributed by atoms with E-state index in [-0.39, 0.29) is 5.91 Å². The molecule has 0 unspecified atom stereocenters. The van der Waals surface area contributed by atoms with Crippen molar-refractivity contribution in [1.29, 1.82) is 0 Å². The van der Waals surface area contributed by atoms with Gasteiger partial charge >= 0.3 is 6.03 Å². The lowest BCUT2D eigenvalue weighted by molar-refractivity contribution is -0.130. The van der Waals surface area contributed by atoms with E-state index in [0.29, 0.717) is 18.9 Å². The molecule has 6 nitrogen and oxygen atoms in total. The standard InChI is InChI=1S/C22H28N4O2/c1-15(2)25-16(3)13-19(17(25)4)14-23-26-20(27)22(5,24-21(26)28)12-11-18-9-7-6-8-10-18/h6-10,13-15H,11-12H2,1-5H3,(H,24,28)/b23-14-/t22-/m0/s1. The summed E-state index contributed by atoms with van der Waals surface area (Å²) in [7, 11) is 0. The average molecular weight is 380 g/mol. The number of amides is 3. The molecule has 6 heteroatoms. The van der Waals surface area contributed by atoms with Gasteiger partial charge in [-0.1, -0.05) is 30.3 Å². The van der Waals surface area contributed by atoms with Crippen molar-refractivity contribution in [3.63, 3.8) is 0 Å². The number of aromatic nitrogens is 1. The molecule has 2 aromatic rings. The van der Waals surface area contributed by atoms with Crippen molar-refractivity contribution >= 4 is 18.2 Å². The highest BCUT2D eigenvalue weighted by atomic mass is 16.2. The van der Waals surface area contributed by atoms with Crippen LogP contribution in [0.25, 0.3) is 0 Å². The van der Waals surface area contributed by atoms with Crippen LogP contribution in [0.2, 0.25) is 0 Å². The topological polar surface area (TPSA) is 66.7 Å². The minimum absolute atomic E-state index is 0.317. The fourth-order valence-corrected chi connectivity index (χ4v) is 3.83. The summed E-state index contributed by atoms with van der Waals surface area (Å²) in [6, 6.07) is 11.8. The normalized spacial score (nSPS) is 19.9. The molecule has 2 heterocycles. The van der Waals surface area contributed by atoms with Crippen LogP contribution in [0.15, 0.2) is 41.5 Å². The Morgan fingerprint density at radius 3 is 2.46 bits per heavy atom. The zero-order valence-corrected chi connectivity index (χ0v) is 17.2. The molecule has 28 heavy (non-hydrogen) atoms. The summed E-state index contributed by atoms with van der Waals surface area (Å²) in [6.45, 7) is 10.1. The highest BCUT2D eigenvalue weighted by molar-refractivity contribution is 6.07. The predicted molar refractivity (Wildman–Crippen MR) is 110 cm³/mol. The van der Waals surface area contributed by atoms with E-state index in [1.807, 2.05) is 50.2 Å². The Bertz CT molecular complexity index is 914. The van der Waals surface area contributed by atoms with Crippen molar-refractivity contribution in [3.05, 3.63) is 58.9 Å². The van der Waals surface area contributed by atoms with Gasteiger partial charge in [-0.05, 0) is 59.1 Å². The summed E-state index contributed by atoms with van der Waals surface area (Å²) in [6.07, 6.45) is 2.83. The zero-order valence-electron chi connectivity index (χ0n) is 17.2. The van der Waals surface area contributed by atoms with Gasteiger partial charge in [-0.25, -0.2) is 4.79 Å². The number of urea groups is 1. The molecule has 1 N–H and O–H groups in total. The third-order valence-corrected chi connectivity index (χ3v) is 5.35. The lowest BCUT2D eigenvalue weighted by atomic mass is 9.93. The lowest BCUT2D eigenvalue weighted by Gasteiger charge is -2.20. The van der Waals surface area contributed by atoms with Crippen LogP contribution in [0, 0.1) is 13.8 Å². The Hall–Kier alpha value is -2.89. The van der Waals surface area contributed by atoms with Gasteiger partial charge in [-0.2, -0.15) is 5.10 Å². The lowest BCUT2D eigenvalue weighted by Crippen LogP contribution is -2.44. The summed E-state index contributed by atoms with van der Waals surface area (Å²) >= 11 is 0. The van der Waals surface area contributed by atoms with Gasteiger partial charge in [0.15, 0.2) is 0 Å². The molecule has 0 saturated carbocycles. The minimum atomic E-state index is -0.945. The van der Waals surface area contributed by atoms with Crippen LogP contribution >= 0.6 is 0 Å². The van der Waals surface area contributed by atoms with Crippen molar-refractivity contribution < 1.29 is 9.59 Å². The second-order valence-electron chi connectivity index (χ2n) is 7.90. The van der Waals surface area contributed by atoms with Gasteiger partial charge in [0.05, 0.1) is 6.21 Å². The van der Waals surface area contributed by atoms with Crippen molar-refractivity contribution in [3.8, 4) is 0 Å². The molecule has 3 rings (SSSR count). The first-order valence-corrected chi connectivity index (χ1v) is 9.66. The van der Waals surface area contributed by atoms with E-state index >= 15 is 0 Å². The smallest absolute Gasteiger partial charge is 0.346 e. The van der Waals surface area contributed by atoms with E-state index in [1.54, 1.807) is 13.1 Å². The monoisotopic (exact) mass is 380 g/mol. The van der Waals surface area contributed by atoms with Gasteiger partial charge < -0.3 is 9.88 Å². The van der Waals surface area contributed by atoms with Crippen LogP contribution in [-0.2, 0) is 11.2 Å². The van der Waals surface area contributed by atoms with Crippen molar-refractivity contribution in [2.75, 3.05) is 0 Å². The van der Waals surface area contributed by atoms with E-state index < -0.39 is 11.6 Å². The number of rotatable bonds is 6. The first-order valence-electron chi connectivity index (χ1n) is 9.66. The van der Waals surface area contributed by atoms with E-state index in [1.165, 1.54) is 0 Å². The Labute approximate surface area is 166 Å². The molecule has 0 spiro atoms. The summed E-state index contributed by atoms with van der Waals surface area (Å²) < 4.78 is 2.21. The van der Waals surface area contributed by atoms with Crippen LogP contribution in [-0.4, -0.2) is 33.3 Å². The Morgan fingerprint density at radius 2 is 1.86 bits per heavy atom. The van der Waals surface area contributed by atoms with E-state index in [0.717, 1.165) is 27.5 Å². The van der Waals surface area contributed by atoms with Crippen molar-refractivity contribution in [2.24, 2.45) is 5.10 Å². The number of aryl methyl sites for hydroxylation is 2. The molecule has 1 atom stereocenters. The third kappa shape index (κ3) is 3.72. The second-order valence-corrected chi connectivity index (χ2v) is 7.90. The fraction of sp³-hybridized carbons (Fsp3) is 0.409. The van der Waals surface area contributed by atoms with Gasteiger partial charge in [0.25, 0.3) is 5.91 Å². The number of carbonyl (C=O) groups excluding carboxylic acids is 2. The van der Waals surface area contributed by atoms with Crippen LogP contribution in [0.4, 0.5) is 4.79 Å². The zero-order chi connectivity index (χ0) is 20.5. The van der Waals surface area contributed by atoms with Gasteiger partial charge in [-0.3, -0.25) is 4.79 Å². The highest BCUT2D eigenvalue weighted by Crippen LogP contribution is 2.24. The second kappa shape index (κ2) is 7.62. The molecule has 3 amide bonds. The SMILES string of the molecule is Cc1cc(/C=N\N2C(=O)N[C@@](C)(CCc3ccccc3)C2=O)c(C)n1C(C)C. The molecule has 0 radical (unpaired) electrons. The number of hydrazone groups is 1. The molecule has 1 saturated heterocycles.